The van der Waals surface area contributed by atoms with E-state index in [0.29, 0.717) is 18.9 Å². The highest BCUT2D eigenvalue weighted by Crippen LogP contribution is 2.19. The maximum Gasteiger partial charge on any atom is 0.371 e. The van der Waals surface area contributed by atoms with Crippen LogP contribution in [0.2, 0.25) is 0 Å². The number of aromatic nitrogens is 1. The van der Waals surface area contributed by atoms with Crippen LogP contribution in [-0.4, -0.2) is 28.5 Å². The smallest absolute Gasteiger partial charge is 0.371 e. The number of carboxylic acid groups (broad SMARTS) is 1. The summed E-state index contributed by atoms with van der Waals surface area (Å²) in [4.78, 5) is 26.9. The number of carboxylic acids is 1. The number of thiazole rings is 1. The molecule has 0 spiro atoms. The Bertz CT molecular complexity index is 645. The fourth-order valence-corrected chi connectivity index (χ4v) is 2.54. The van der Waals surface area contributed by atoms with Gasteiger partial charge in [0.15, 0.2) is 5.76 Å². The standard InChI is InChI=1S/C14H16N2O4S/c1-8(2)13-16-9(7-21-13)5-6-15-12(17)10-3-4-11(20-10)14(18)19/h3-4,7-8H,5-6H2,1-2H3,(H,15,17)(H,18,19). The average Bonchev–Trinajstić information content (AvgIpc) is 3.07. The highest BCUT2D eigenvalue weighted by atomic mass is 32.1. The fourth-order valence-electron chi connectivity index (χ4n) is 1.67. The minimum Gasteiger partial charge on any atom is -0.475 e. The number of hydrogen-bond acceptors (Lipinski definition) is 5. The number of aromatic carboxylic acids is 1. The molecule has 21 heavy (non-hydrogen) atoms. The van der Waals surface area contributed by atoms with Gasteiger partial charge in [0.2, 0.25) is 5.76 Å². The van der Waals surface area contributed by atoms with Gasteiger partial charge >= 0.3 is 5.97 Å². The number of amides is 1. The molecule has 0 radical (unpaired) electrons. The summed E-state index contributed by atoms with van der Waals surface area (Å²) in [7, 11) is 0. The van der Waals surface area contributed by atoms with E-state index in [9.17, 15) is 9.59 Å². The zero-order valence-electron chi connectivity index (χ0n) is 11.8. The normalized spacial score (nSPS) is 10.8. The predicted octanol–water partition coefficient (Wildman–Crippen LogP) is 2.53. The van der Waals surface area contributed by atoms with Gasteiger partial charge in [-0.05, 0) is 12.1 Å². The molecule has 0 aliphatic carbocycles. The van der Waals surface area contributed by atoms with Crippen molar-refractivity contribution in [3.8, 4) is 0 Å². The molecular weight excluding hydrogens is 292 g/mol. The van der Waals surface area contributed by atoms with Gasteiger partial charge in [-0.2, -0.15) is 0 Å². The van der Waals surface area contributed by atoms with E-state index in [1.54, 1.807) is 11.3 Å². The Balaban J connectivity index is 1.84. The molecule has 2 aromatic heterocycles. The minimum atomic E-state index is -1.20. The van der Waals surface area contributed by atoms with Crippen LogP contribution in [0.3, 0.4) is 0 Å². The van der Waals surface area contributed by atoms with Gasteiger partial charge in [-0.1, -0.05) is 13.8 Å². The summed E-state index contributed by atoms with van der Waals surface area (Å²) in [6.45, 7) is 4.59. The molecule has 0 bridgehead atoms. The summed E-state index contributed by atoms with van der Waals surface area (Å²) < 4.78 is 4.92. The molecule has 7 heteroatoms. The molecule has 2 heterocycles. The number of nitrogens with zero attached hydrogens (tertiary/aromatic N) is 1. The molecular formula is C14H16N2O4S. The Morgan fingerprint density at radius 2 is 2.10 bits per heavy atom. The number of nitrogens with one attached hydrogen (secondary N) is 1. The number of rotatable bonds is 6. The van der Waals surface area contributed by atoms with Crippen LogP contribution in [0.5, 0.6) is 0 Å². The van der Waals surface area contributed by atoms with Crippen molar-refractivity contribution in [1.82, 2.24) is 10.3 Å². The second-order valence-electron chi connectivity index (χ2n) is 4.81. The zero-order chi connectivity index (χ0) is 15.4. The summed E-state index contributed by atoms with van der Waals surface area (Å²) in [6, 6.07) is 2.60. The maximum atomic E-state index is 11.8. The lowest BCUT2D eigenvalue weighted by Crippen LogP contribution is -2.25. The van der Waals surface area contributed by atoms with Crippen LogP contribution in [0.1, 0.15) is 51.6 Å². The minimum absolute atomic E-state index is 0.00597. The van der Waals surface area contributed by atoms with Crippen molar-refractivity contribution < 1.29 is 19.1 Å². The summed E-state index contributed by atoms with van der Waals surface area (Å²) in [6.07, 6.45) is 0.626. The summed E-state index contributed by atoms with van der Waals surface area (Å²) in [5.41, 5.74) is 0.940. The summed E-state index contributed by atoms with van der Waals surface area (Å²) >= 11 is 1.61. The number of furan rings is 1. The average molecular weight is 308 g/mol. The van der Waals surface area contributed by atoms with Crippen LogP contribution >= 0.6 is 11.3 Å². The van der Waals surface area contributed by atoms with Crippen molar-refractivity contribution in [2.45, 2.75) is 26.2 Å². The van der Waals surface area contributed by atoms with E-state index in [0.717, 1.165) is 10.7 Å². The number of hydrogen-bond donors (Lipinski definition) is 2. The fraction of sp³-hybridized carbons (Fsp3) is 0.357. The number of carbonyl (C=O) groups excluding carboxylic acids is 1. The predicted molar refractivity (Wildman–Crippen MR) is 77.9 cm³/mol. The first kappa shape index (κ1) is 15.2. The van der Waals surface area contributed by atoms with Crippen LogP contribution in [-0.2, 0) is 6.42 Å². The van der Waals surface area contributed by atoms with Gasteiger partial charge in [-0.15, -0.1) is 11.3 Å². The lowest BCUT2D eigenvalue weighted by Gasteiger charge is -2.01. The SMILES string of the molecule is CC(C)c1nc(CCNC(=O)c2ccc(C(=O)O)o2)cs1. The second-order valence-corrected chi connectivity index (χ2v) is 5.70. The largest absolute Gasteiger partial charge is 0.475 e. The van der Waals surface area contributed by atoms with E-state index in [1.165, 1.54) is 12.1 Å². The quantitative estimate of drug-likeness (QED) is 0.855. The van der Waals surface area contributed by atoms with Crippen molar-refractivity contribution in [3.05, 3.63) is 39.7 Å². The molecule has 1 amide bonds. The Morgan fingerprint density at radius 3 is 2.67 bits per heavy atom. The van der Waals surface area contributed by atoms with E-state index < -0.39 is 11.9 Å². The third-order valence-corrected chi connectivity index (χ3v) is 3.96. The molecule has 2 rings (SSSR count). The van der Waals surface area contributed by atoms with Gasteiger partial charge in [-0.3, -0.25) is 4.79 Å². The molecule has 6 nitrogen and oxygen atoms in total. The molecule has 0 aromatic carbocycles. The van der Waals surface area contributed by atoms with E-state index in [4.69, 9.17) is 9.52 Å². The van der Waals surface area contributed by atoms with Gasteiger partial charge in [-0.25, -0.2) is 9.78 Å². The molecule has 0 aliphatic heterocycles. The van der Waals surface area contributed by atoms with Crippen molar-refractivity contribution in [2.24, 2.45) is 0 Å². The topological polar surface area (TPSA) is 92.4 Å². The zero-order valence-corrected chi connectivity index (χ0v) is 12.6. The van der Waals surface area contributed by atoms with Crippen LogP contribution in [0, 0.1) is 0 Å². The molecule has 0 saturated carbocycles. The van der Waals surface area contributed by atoms with Crippen LogP contribution in [0.25, 0.3) is 0 Å². The molecule has 112 valence electrons. The van der Waals surface area contributed by atoms with Crippen molar-refractivity contribution >= 4 is 23.2 Å². The van der Waals surface area contributed by atoms with Gasteiger partial charge in [0.25, 0.3) is 5.91 Å². The Hall–Kier alpha value is -2.15. The van der Waals surface area contributed by atoms with Crippen molar-refractivity contribution in [1.29, 1.82) is 0 Å². The van der Waals surface area contributed by atoms with E-state index in [-0.39, 0.29) is 11.5 Å². The third-order valence-electron chi connectivity index (χ3n) is 2.77. The first-order valence-electron chi connectivity index (χ1n) is 6.53. The lowest BCUT2D eigenvalue weighted by atomic mass is 10.2. The molecule has 0 unspecified atom stereocenters. The Labute approximate surface area is 125 Å². The first-order chi connectivity index (χ1) is 9.97. The Morgan fingerprint density at radius 1 is 1.38 bits per heavy atom. The van der Waals surface area contributed by atoms with Crippen molar-refractivity contribution in [2.75, 3.05) is 6.54 Å². The van der Waals surface area contributed by atoms with Gasteiger partial charge in [0.05, 0.1) is 10.7 Å². The molecule has 0 aliphatic rings. The Kier molecular flexibility index (Phi) is 4.74. The van der Waals surface area contributed by atoms with E-state index >= 15 is 0 Å². The lowest BCUT2D eigenvalue weighted by molar-refractivity contribution is 0.0659. The second kappa shape index (κ2) is 6.53. The summed E-state index contributed by atoms with van der Waals surface area (Å²) in [5, 5.41) is 14.5. The maximum absolute atomic E-state index is 11.8. The molecule has 2 N–H and O–H groups in total. The highest BCUT2D eigenvalue weighted by molar-refractivity contribution is 7.09. The van der Waals surface area contributed by atoms with Crippen LogP contribution in [0.15, 0.2) is 21.9 Å². The van der Waals surface area contributed by atoms with E-state index in [1.807, 2.05) is 5.38 Å². The van der Waals surface area contributed by atoms with Gasteiger partial charge < -0.3 is 14.8 Å². The highest BCUT2D eigenvalue weighted by Gasteiger charge is 2.14. The monoisotopic (exact) mass is 308 g/mol. The van der Waals surface area contributed by atoms with E-state index in [2.05, 4.69) is 24.1 Å². The van der Waals surface area contributed by atoms with Gasteiger partial charge in [0, 0.05) is 24.3 Å². The molecule has 0 fully saturated rings. The molecule has 0 saturated heterocycles. The van der Waals surface area contributed by atoms with Crippen LogP contribution in [0.4, 0.5) is 0 Å². The summed E-state index contributed by atoms with van der Waals surface area (Å²) in [5.74, 6) is -1.48. The number of carbonyl (C=O) groups is 2. The van der Waals surface area contributed by atoms with Crippen LogP contribution < -0.4 is 5.32 Å². The molecule has 0 atom stereocenters. The molecule has 2 aromatic rings. The van der Waals surface area contributed by atoms with Crippen molar-refractivity contribution in [3.63, 3.8) is 0 Å². The first-order valence-corrected chi connectivity index (χ1v) is 7.41. The third kappa shape index (κ3) is 3.91. The van der Waals surface area contributed by atoms with Gasteiger partial charge in [0.1, 0.15) is 0 Å².